The molecule has 1 aliphatic rings. The first-order valence-electron chi connectivity index (χ1n) is 8.90. The van der Waals surface area contributed by atoms with Crippen molar-refractivity contribution in [3.63, 3.8) is 0 Å². The van der Waals surface area contributed by atoms with Gasteiger partial charge in [0.25, 0.3) is 0 Å². The van der Waals surface area contributed by atoms with Crippen LogP contribution >= 0.6 is 24.0 Å². The maximum atomic E-state index is 6.03. The number of rotatable bonds is 9. The van der Waals surface area contributed by atoms with Gasteiger partial charge in [-0.3, -0.25) is 4.99 Å². The topological polar surface area (TPSA) is 48.9 Å². The average Bonchev–Trinajstić information content (AvgIpc) is 3.37. The first-order chi connectivity index (χ1) is 11.6. The Balaban J connectivity index is 0.00000312. The van der Waals surface area contributed by atoms with Crippen LogP contribution in [0.3, 0.4) is 0 Å². The smallest absolute Gasteiger partial charge is 0.191 e. The van der Waals surface area contributed by atoms with Gasteiger partial charge in [0, 0.05) is 25.7 Å². The standard InChI is InChI=1S/C19H32N4O.HI/c1-15-6-9-17(18(12-15)24-14-16-7-8-16)13-22-19(20-2)21-10-5-11-23(3)4;/h6,9,12,16H,5,7-8,10-11,13-14H2,1-4H3,(H2,20,21,22);1H. The largest absolute Gasteiger partial charge is 0.493 e. The van der Waals surface area contributed by atoms with E-state index in [2.05, 4.69) is 59.7 Å². The molecule has 0 radical (unpaired) electrons. The van der Waals surface area contributed by atoms with E-state index in [1.807, 2.05) is 0 Å². The van der Waals surface area contributed by atoms with Gasteiger partial charge in [0.05, 0.1) is 6.61 Å². The molecule has 1 aromatic rings. The second-order valence-electron chi connectivity index (χ2n) is 6.87. The van der Waals surface area contributed by atoms with Gasteiger partial charge in [0.2, 0.25) is 0 Å². The highest BCUT2D eigenvalue weighted by molar-refractivity contribution is 14.0. The van der Waals surface area contributed by atoms with Gasteiger partial charge in [-0.25, -0.2) is 0 Å². The minimum Gasteiger partial charge on any atom is -0.493 e. The molecule has 2 rings (SSSR count). The summed E-state index contributed by atoms with van der Waals surface area (Å²) >= 11 is 0. The van der Waals surface area contributed by atoms with E-state index in [1.54, 1.807) is 7.05 Å². The summed E-state index contributed by atoms with van der Waals surface area (Å²) in [5.74, 6) is 2.59. The van der Waals surface area contributed by atoms with E-state index in [9.17, 15) is 0 Å². The van der Waals surface area contributed by atoms with E-state index >= 15 is 0 Å². The zero-order valence-corrected chi connectivity index (χ0v) is 18.3. The molecule has 2 N–H and O–H groups in total. The lowest BCUT2D eigenvalue weighted by atomic mass is 10.1. The van der Waals surface area contributed by atoms with Gasteiger partial charge < -0.3 is 20.3 Å². The van der Waals surface area contributed by atoms with Gasteiger partial charge in [0.15, 0.2) is 5.96 Å². The van der Waals surface area contributed by atoms with Gasteiger partial charge in [0.1, 0.15) is 5.75 Å². The molecule has 0 atom stereocenters. The van der Waals surface area contributed by atoms with Crippen LogP contribution in [0.1, 0.15) is 30.4 Å². The minimum absolute atomic E-state index is 0. The van der Waals surface area contributed by atoms with E-state index in [1.165, 1.54) is 24.0 Å². The molecule has 0 aliphatic heterocycles. The van der Waals surface area contributed by atoms with E-state index in [4.69, 9.17) is 4.74 Å². The van der Waals surface area contributed by atoms with Crippen LogP contribution in [-0.2, 0) is 6.54 Å². The molecule has 0 unspecified atom stereocenters. The van der Waals surface area contributed by atoms with Crippen LogP contribution in [0.2, 0.25) is 0 Å². The zero-order valence-electron chi connectivity index (χ0n) is 16.0. The Morgan fingerprint density at radius 2 is 2.04 bits per heavy atom. The highest BCUT2D eigenvalue weighted by atomic mass is 127. The summed E-state index contributed by atoms with van der Waals surface area (Å²) in [4.78, 5) is 6.48. The summed E-state index contributed by atoms with van der Waals surface area (Å²) in [5, 5.41) is 6.74. The molecule has 1 fully saturated rings. The SMILES string of the molecule is CN=C(NCCCN(C)C)NCc1ccc(C)cc1OCC1CC1.I. The summed E-state index contributed by atoms with van der Waals surface area (Å²) in [6, 6.07) is 6.41. The minimum atomic E-state index is 0. The second-order valence-corrected chi connectivity index (χ2v) is 6.87. The first-order valence-corrected chi connectivity index (χ1v) is 8.90. The van der Waals surface area contributed by atoms with E-state index in [-0.39, 0.29) is 24.0 Å². The van der Waals surface area contributed by atoms with E-state index < -0.39 is 0 Å². The fourth-order valence-electron chi connectivity index (χ4n) is 2.44. The number of hydrogen-bond acceptors (Lipinski definition) is 3. The zero-order chi connectivity index (χ0) is 17.4. The Kier molecular flexibility index (Phi) is 10.2. The summed E-state index contributed by atoms with van der Waals surface area (Å²) in [6.45, 7) is 5.64. The molecular weight excluding hydrogens is 427 g/mol. The van der Waals surface area contributed by atoms with E-state index in [0.29, 0.717) is 6.54 Å². The van der Waals surface area contributed by atoms with Crippen molar-refractivity contribution in [2.45, 2.75) is 32.7 Å². The van der Waals surface area contributed by atoms with Crippen molar-refractivity contribution in [3.05, 3.63) is 29.3 Å². The van der Waals surface area contributed by atoms with Crippen molar-refractivity contribution in [1.82, 2.24) is 15.5 Å². The Morgan fingerprint density at radius 1 is 1.28 bits per heavy atom. The lowest BCUT2D eigenvalue weighted by Gasteiger charge is -2.16. The fraction of sp³-hybridized carbons (Fsp3) is 0.632. The van der Waals surface area contributed by atoms with Gasteiger partial charge in [-0.1, -0.05) is 12.1 Å². The summed E-state index contributed by atoms with van der Waals surface area (Å²) < 4.78 is 6.03. The van der Waals surface area contributed by atoms with Crippen molar-refractivity contribution in [3.8, 4) is 5.75 Å². The number of nitrogens with one attached hydrogen (secondary N) is 2. The number of aryl methyl sites for hydroxylation is 1. The molecule has 0 saturated heterocycles. The Hall–Kier alpha value is -1.02. The van der Waals surface area contributed by atoms with Crippen molar-refractivity contribution in [2.75, 3.05) is 40.8 Å². The first kappa shape index (κ1) is 22.0. The number of benzene rings is 1. The number of aliphatic imine (C=N–C) groups is 1. The fourth-order valence-corrected chi connectivity index (χ4v) is 2.44. The Bertz CT molecular complexity index is 544. The van der Waals surface area contributed by atoms with Crippen LogP contribution < -0.4 is 15.4 Å². The van der Waals surface area contributed by atoms with Crippen molar-refractivity contribution >= 4 is 29.9 Å². The number of hydrogen-bond donors (Lipinski definition) is 2. The number of halogens is 1. The quantitative estimate of drug-likeness (QED) is 0.258. The summed E-state index contributed by atoms with van der Waals surface area (Å²) in [7, 11) is 5.99. The number of nitrogens with zero attached hydrogens (tertiary/aromatic N) is 2. The Labute approximate surface area is 169 Å². The van der Waals surface area contributed by atoms with Crippen LogP contribution in [0.25, 0.3) is 0 Å². The molecule has 0 aromatic heterocycles. The van der Waals surface area contributed by atoms with Crippen LogP contribution in [0, 0.1) is 12.8 Å². The van der Waals surface area contributed by atoms with Crippen LogP contribution in [0.5, 0.6) is 5.75 Å². The number of guanidine groups is 1. The molecule has 0 heterocycles. The third-order valence-corrected chi connectivity index (χ3v) is 4.14. The average molecular weight is 460 g/mol. The number of ether oxygens (including phenoxy) is 1. The van der Waals surface area contributed by atoms with Gasteiger partial charge in [-0.05, 0) is 64.4 Å². The third-order valence-electron chi connectivity index (χ3n) is 4.14. The van der Waals surface area contributed by atoms with E-state index in [0.717, 1.165) is 43.7 Å². The predicted molar refractivity (Wildman–Crippen MR) is 116 cm³/mol. The maximum absolute atomic E-state index is 6.03. The van der Waals surface area contributed by atoms with Crippen molar-refractivity contribution < 1.29 is 4.74 Å². The second kappa shape index (κ2) is 11.6. The molecule has 1 aliphatic carbocycles. The van der Waals surface area contributed by atoms with Crippen molar-refractivity contribution in [1.29, 1.82) is 0 Å². The molecule has 0 amide bonds. The monoisotopic (exact) mass is 460 g/mol. The normalized spacial score (nSPS) is 14.2. The lowest BCUT2D eigenvalue weighted by Crippen LogP contribution is -2.38. The van der Waals surface area contributed by atoms with Gasteiger partial charge in [-0.2, -0.15) is 0 Å². The molecule has 1 aromatic carbocycles. The van der Waals surface area contributed by atoms with Gasteiger partial charge in [-0.15, -0.1) is 24.0 Å². The van der Waals surface area contributed by atoms with Crippen molar-refractivity contribution in [2.24, 2.45) is 10.9 Å². The molecule has 0 bridgehead atoms. The molecule has 6 heteroatoms. The molecular formula is C19H33IN4O. The molecule has 0 spiro atoms. The highest BCUT2D eigenvalue weighted by Gasteiger charge is 2.22. The molecule has 1 saturated carbocycles. The molecule has 25 heavy (non-hydrogen) atoms. The van der Waals surface area contributed by atoms with Gasteiger partial charge >= 0.3 is 0 Å². The lowest BCUT2D eigenvalue weighted by molar-refractivity contribution is 0.296. The molecule has 142 valence electrons. The summed E-state index contributed by atoms with van der Waals surface area (Å²) in [6.07, 6.45) is 3.71. The Morgan fingerprint density at radius 3 is 2.68 bits per heavy atom. The predicted octanol–water partition coefficient (Wildman–Crippen LogP) is 3.02. The van der Waals surface area contributed by atoms with Crippen LogP contribution in [-0.4, -0.2) is 51.7 Å². The maximum Gasteiger partial charge on any atom is 0.191 e. The highest BCUT2D eigenvalue weighted by Crippen LogP contribution is 2.30. The molecule has 5 nitrogen and oxygen atoms in total. The van der Waals surface area contributed by atoms with Crippen LogP contribution in [0.15, 0.2) is 23.2 Å². The third kappa shape index (κ3) is 8.76. The summed E-state index contributed by atoms with van der Waals surface area (Å²) in [5.41, 5.74) is 2.41. The van der Waals surface area contributed by atoms with Crippen LogP contribution in [0.4, 0.5) is 0 Å².